The minimum absolute atomic E-state index is 0.0374. The van der Waals surface area contributed by atoms with Crippen LogP contribution in [0, 0.1) is 0 Å². The molecule has 0 aromatic carbocycles. The lowest BCUT2D eigenvalue weighted by Gasteiger charge is -2.38. The van der Waals surface area contributed by atoms with Crippen LogP contribution in [0.15, 0.2) is 11.1 Å². The number of piperazine rings is 1. The lowest BCUT2D eigenvalue weighted by molar-refractivity contribution is -0.150. The van der Waals surface area contributed by atoms with E-state index < -0.39 is 21.6 Å². The summed E-state index contributed by atoms with van der Waals surface area (Å²) in [7, 11) is -3.30. The molecule has 1 N–H and O–H groups in total. The molecular formula is C22H38N4O5S. The summed E-state index contributed by atoms with van der Waals surface area (Å²) >= 11 is 0. The first-order valence-corrected chi connectivity index (χ1v) is 13.5. The fourth-order valence-corrected chi connectivity index (χ4v) is 6.04. The summed E-state index contributed by atoms with van der Waals surface area (Å²) in [5.41, 5.74) is -0.300. The first-order chi connectivity index (χ1) is 15.2. The Morgan fingerprint density at radius 3 is 2.19 bits per heavy atom. The molecule has 0 unspecified atom stereocenters. The van der Waals surface area contributed by atoms with Crippen molar-refractivity contribution in [3.8, 4) is 0 Å². The van der Waals surface area contributed by atoms with Crippen LogP contribution in [0.5, 0.6) is 0 Å². The second-order valence-electron chi connectivity index (χ2n) is 8.98. The van der Waals surface area contributed by atoms with E-state index in [1.54, 1.807) is 13.8 Å². The van der Waals surface area contributed by atoms with Gasteiger partial charge in [0.25, 0.3) is 5.91 Å². The molecule has 2 fully saturated rings. The maximum atomic E-state index is 13.0. The van der Waals surface area contributed by atoms with Crippen molar-refractivity contribution in [1.82, 2.24) is 19.4 Å². The van der Waals surface area contributed by atoms with Crippen molar-refractivity contribution in [3.63, 3.8) is 0 Å². The van der Waals surface area contributed by atoms with E-state index in [0.29, 0.717) is 30.5 Å². The van der Waals surface area contributed by atoms with Gasteiger partial charge in [-0.3, -0.25) is 4.79 Å². The highest BCUT2D eigenvalue weighted by Gasteiger charge is 2.51. The van der Waals surface area contributed by atoms with Crippen molar-refractivity contribution >= 4 is 21.9 Å². The number of hydrogen-bond donors (Lipinski definition) is 1. The van der Waals surface area contributed by atoms with E-state index in [-0.39, 0.29) is 24.7 Å². The third-order valence-electron chi connectivity index (χ3n) is 6.88. The van der Waals surface area contributed by atoms with Gasteiger partial charge in [0.1, 0.15) is 5.60 Å². The van der Waals surface area contributed by atoms with E-state index in [1.807, 2.05) is 0 Å². The SMILES string of the molecule is CCCN1CCN(CCCNC(=O)C2=C(C)C(=O)OC23CCN(S(=O)(=O)CC)CC3)CC1. The van der Waals surface area contributed by atoms with Crippen molar-refractivity contribution in [2.45, 2.75) is 52.1 Å². The minimum Gasteiger partial charge on any atom is -0.450 e. The van der Waals surface area contributed by atoms with Gasteiger partial charge in [0, 0.05) is 64.2 Å². The van der Waals surface area contributed by atoms with Gasteiger partial charge in [0.05, 0.1) is 11.3 Å². The second-order valence-corrected chi connectivity index (χ2v) is 11.2. The number of carbonyl (C=O) groups is 2. The van der Waals surface area contributed by atoms with Gasteiger partial charge in [-0.2, -0.15) is 0 Å². The number of sulfonamides is 1. The number of hydrogen-bond acceptors (Lipinski definition) is 7. The van der Waals surface area contributed by atoms with Crippen LogP contribution in [-0.4, -0.2) is 105 Å². The Morgan fingerprint density at radius 1 is 1.03 bits per heavy atom. The Hall–Kier alpha value is -1.49. The molecule has 0 aromatic heterocycles. The molecule has 3 aliphatic rings. The topological polar surface area (TPSA) is 99.3 Å². The molecule has 32 heavy (non-hydrogen) atoms. The van der Waals surface area contributed by atoms with Crippen molar-refractivity contribution in [2.75, 3.05) is 64.7 Å². The summed E-state index contributed by atoms with van der Waals surface area (Å²) in [6.07, 6.45) is 2.64. The molecule has 0 saturated carbocycles. The van der Waals surface area contributed by atoms with Crippen LogP contribution in [0.4, 0.5) is 0 Å². The number of rotatable bonds is 9. The summed E-state index contributed by atoms with van der Waals surface area (Å²) < 4.78 is 31.4. The van der Waals surface area contributed by atoms with E-state index in [4.69, 9.17) is 4.74 Å². The molecule has 9 nitrogen and oxygen atoms in total. The normalized spacial score (nSPS) is 23.0. The second kappa shape index (κ2) is 10.6. The summed E-state index contributed by atoms with van der Waals surface area (Å²) in [6.45, 7) is 12.9. The van der Waals surface area contributed by atoms with Crippen molar-refractivity contribution in [2.24, 2.45) is 0 Å². The van der Waals surface area contributed by atoms with Crippen LogP contribution in [-0.2, 0) is 24.3 Å². The van der Waals surface area contributed by atoms with E-state index in [9.17, 15) is 18.0 Å². The summed E-state index contributed by atoms with van der Waals surface area (Å²) in [5.74, 6) is -0.713. The fraction of sp³-hybridized carbons (Fsp3) is 0.818. The van der Waals surface area contributed by atoms with Gasteiger partial charge >= 0.3 is 5.97 Å². The molecule has 182 valence electrons. The Kier molecular flexibility index (Phi) is 8.35. The van der Waals surface area contributed by atoms with E-state index in [2.05, 4.69) is 22.0 Å². The molecule has 0 aromatic rings. The van der Waals surface area contributed by atoms with Crippen LogP contribution in [0.3, 0.4) is 0 Å². The number of nitrogens with zero attached hydrogens (tertiary/aromatic N) is 3. The fourth-order valence-electron chi connectivity index (χ4n) is 4.93. The predicted molar refractivity (Wildman–Crippen MR) is 123 cm³/mol. The van der Waals surface area contributed by atoms with Gasteiger partial charge in [-0.25, -0.2) is 17.5 Å². The minimum atomic E-state index is -3.30. The zero-order valence-corrected chi connectivity index (χ0v) is 20.5. The molecule has 1 amide bonds. The van der Waals surface area contributed by atoms with Gasteiger partial charge < -0.3 is 19.9 Å². The Balaban J connectivity index is 1.51. The smallest absolute Gasteiger partial charge is 0.335 e. The quantitative estimate of drug-likeness (QED) is 0.389. The monoisotopic (exact) mass is 470 g/mol. The molecule has 3 rings (SSSR count). The van der Waals surface area contributed by atoms with E-state index in [0.717, 1.165) is 45.7 Å². The summed E-state index contributed by atoms with van der Waals surface area (Å²) in [5, 5.41) is 2.97. The van der Waals surface area contributed by atoms with Gasteiger partial charge in [-0.1, -0.05) is 6.92 Å². The molecular weight excluding hydrogens is 432 g/mol. The van der Waals surface area contributed by atoms with Crippen LogP contribution in [0.2, 0.25) is 0 Å². The lowest BCUT2D eigenvalue weighted by Crippen LogP contribution is -2.50. The van der Waals surface area contributed by atoms with Gasteiger partial charge in [-0.15, -0.1) is 0 Å². The van der Waals surface area contributed by atoms with Crippen LogP contribution >= 0.6 is 0 Å². The molecule has 1 spiro atoms. The molecule has 0 atom stereocenters. The zero-order chi connectivity index (χ0) is 23.4. The molecule has 0 bridgehead atoms. The summed E-state index contributed by atoms with van der Waals surface area (Å²) in [6, 6.07) is 0. The predicted octanol–water partition coefficient (Wildman–Crippen LogP) is 0.578. The molecule has 10 heteroatoms. The van der Waals surface area contributed by atoms with Gasteiger partial charge in [0.2, 0.25) is 10.0 Å². The molecule has 0 radical (unpaired) electrons. The highest BCUT2D eigenvalue weighted by atomic mass is 32.2. The number of carbonyl (C=O) groups excluding carboxylic acids is 2. The molecule has 0 aliphatic carbocycles. The maximum Gasteiger partial charge on any atom is 0.335 e. The van der Waals surface area contributed by atoms with Gasteiger partial charge in [0.15, 0.2) is 0 Å². The number of piperidine rings is 1. The highest BCUT2D eigenvalue weighted by Crippen LogP contribution is 2.41. The maximum absolute atomic E-state index is 13.0. The first kappa shape index (κ1) is 25.1. The Labute approximate surface area is 192 Å². The number of amides is 1. The van der Waals surface area contributed by atoms with Crippen molar-refractivity contribution in [1.29, 1.82) is 0 Å². The van der Waals surface area contributed by atoms with E-state index in [1.165, 1.54) is 10.7 Å². The molecule has 2 saturated heterocycles. The number of ether oxygens (including phenoxy) is 1. The Bertz CT molecular complexity index is 825. The largest absolute Gasteiger partial charge is 0.450 e. The van der Waals surface area contributed by atoms with Gasteiger partial charge in [-0.05, 0) is 39.8 Å². The highest BCUT2D eigenvalue weighted by molar-refractivity contribution is 7.89. The van der Waals surface area contributed by atoms with Crippen LogP contribution in [0.1, 0.15) is 46.5 Å². The molecule has 3 aliphatic heterocycles. The average Bonchev–Trinajstić information content (AvgIpc) is 3.02. The lowest BCUT2D eigenvalue weighted by atomic mass is 9.83. The van der Waals surface area contributed by atoms with Crippen molar-refractivity contribution in [3.05, 3.63) is 11.1 Å². The van der Waals surface area contributed by atoms with E-state index >= 15 is 0 Å². The molecule has 3 heterocycles. The number of esters is 1. The van der Waals surface area contributed by atoms with Crippen LogP contribution < -0.4 is 5.32 Å². The average molecular weight is 471 g/mol. The van der Waals surface area contributed by atoms with Crippen LogP contribution in [0.25, 0.3) is 0 Å². The standard InChI is InChI=1S/C22H38N4O5S/c1-4-10-24-14-16-25(17-15-24)11-6-9-23-20(27)19-18(3)21(28)31-22(19)7-12-26(13-8-22)32(29,30)5-2/h4-17H2,1-3H3,(H,23,27). The Morgan fingerprint density at radius 2 is 1.62 bits per heavy atom. The first-order valence-electron chi connectivity index (χ1n) is 11.9. The third kappa shape index (κ3) is 5.52. The third-order valence-corrected chi connectivity index (χ3v) is 8.76. The summed E-state index contributed by atoms with van der Waals surface area (Å²) in [4.78, 5) is 30.2. The van der Waals surface area contributed by atoms with Crippen molar-refractivity contribution < 1.29 is 22.7 Å². The number of nitrogens with one attached hydrogen (secondary N) is 1. The zero-order valence-electron chi connectivity index (χ0n) is 19.7.